The summed E-state index contributed by atoms with van der Waals surface area (Å²) in [5, 5.41) is 3.57. The van der Waals surface area contributed by atoms with Crippen LogP contribution in [0.2, 0.25) is 0 Å². The van der Waals surface area contributed by atoms with Gasteiger partial charge in [-0.05, 0) is 18.3 Å². The molecule has 0 atom stereocenters. The number of H-pyrrole nitrogens is 1. The Balaban J connectivity index is 1.97. The molecule has 3 heterocycles. The molecule has 0 unspecified atom stereocenters. The van der Waals surface area contributed by atoms with Gasteiger partial charge in [-0.15, -0.1) is 0 Å². The fourth-order valence-corrected chi connectivity index (χ4v) is 2.14. The summed E-state index contributed by atoms with van der Waals surface area (Å²) in [5.41, 5.74) is 1.63. The quantitative estimate of drug-likeness (QED) is 0.731. The molecule has 19 heavy (non-hydrogen) atoms. The molecular formula is C11H11N5O2S. The third kappa shape index (κ3) is 2.22. The molecule has 0 aromatic carbocycles. The molecule has 0 radical (unpaired) electrons. The molecule has 0 fully saturated rings. The molecule has 3 aromatic heterocycles. The number of aryl methyl sites for hydroxylation is 2. The molecule has 0 saturated carbocycles. The number of hydrogen-bond donors (Lipinski definition) is 1. The van der Waals surface area contributed by atoms with Crippen molar-refractivity contribution in [2.45, 2.75) is 13.0 Å². The van der Waals surface area contributed by atoms with E-state index in [-0.39, 0.29) is 0 Å². The molecular weight excluding hydrogens is 266 g/mol. The van der Waals surface area contributed by atoms with Crippen LogP contribution < -0.4 is 4.74 Å². The minimum absolute atomic E-state index is 0.549. The van der Waals surface area contributed by atoms with Crippen LogP contribution in [0.4, 0.5) is 0 Å². The molecule has 98 valence electrons. The molecule has 0 bridgehead atoms. The van der Waals surface area contributed by atoms with Crippen LogP contribution in [0.1, 0.15) is 5.89 Å². The van der Waals surface area contributed by atoms with Crippen LogP contribution in [0.25, 0.3) is 11.2 Å². The van der Waals surface area contributed by atoms with Gasteiger partial charge in [-0.3, -0.25) is 0 Å². The van der Waals surface area contributed by atoms with E-state index in [4.69, 9.17) is 21.5 Å². The van der Waals surface area contributed by atoms with Gasteiger partial charge < -0.3 is 18.8 Å². The highest BCUT2D eigenvalue weighted by Gasteiger charge is 2.08. The molecule has 0 spiro atoms. The van der Waals surface area contributed by atoms with E-state index in [0.29, 0.717) is 29.5 Å². The number of methoxy groups -OCH3 is 1. The van der Waals surface area contributed by atoms with Gasteiger partial charge in [0.1, 0.15) is 0 Å². The Morgan fingerprint density at radius 2 is 2.37 bits per heavy atom. The highest BCUT2D eigenvalue weighted by molar-refractivity contribution is 7.71. The van der Waals surface area contributed by atoms with Crippen LogP contribution in [-0.2, 0) is 13.0 Å². The van der Waals surface area contributed by atoms with Gasteiger partial charge in [0.25, 0.3) is 0 Å². The zero-order valence-corrected chi connectivity index (χ0v) is 11.0. The number of imidazole rings is 1. The smallest absolute Gasteiger partial charge is 0.228 e. The third-order valence-corrected chi connectivity index (χ3v) is 3.08. The summed E-state index contributed by atoms with van der Waals surface area (Å²) in [4.78, 5) is 11.5. The maximum Gasteiger partial charge on any atom is 0.228 e. The number of aromatic nitrogens is 5. The maximum absolute atomic E-state index is 5.29. The molecule has 3 rings (SSSR count). The lowest BCUT2D eigenvalue weighted by molar-refractivity contribution is 0.371. The van der Waals surface area contributed by atoms with Crippen molar-refractivity contribution in [1.82, 2.24) is 24.7 Å². The Morgan fingerprint density at radius 3 is 3.11 bits per heavy atom. The number of pyridine rings is 1. The van der Waals surface area contributed by atoms with E-state index >= 15 is 0 Å². The van der Waals surface area contributed by atoms with Gasteiger partial charge in [-0.2, -0.15) is 9.97 Å². The van der Waals surface area contributed by atoms with Crippen molar-refractivity contribution < 1.29 is 9.26 Å². The lowest BCUT2D eigenvalue weighted by atomic mass is 10.4. The molecule has 1 N–H and O–H groups in total. The van der Waals surface area contributed by atoms with Gasteiger partial charge in [0.05, 0.1) is 12.6 Å². The lowest BCUT2D eigenvalue weighted by Crippen LogP contribution is -2.03. The normalized spacial score (nSPS) is 11.0. The first-order valence-corrected chi connectivity index (χ1v) is 6.08. The largest absolute Gasteiger partial charge is 0.481 e. The Morgan fingerprint density at radius 1 is 1.47 bits per heavy atom. The highest BCUT2D eigenvalue weighted by atomic mass is 32.1. The van der Waals surface area contributed by atoms with Gasteiger partial charge in [0.2, 0.25) is 11.8 Å². The van der Waals surface area contributed by atoms with Gasteiger partial charge in [-0.25, -0.2) is 0 Å². The summed E-state index contributed by atoms with van der Waals surface area (Å²) < 4.78 is 12.6. The van der Waals surface area contributed by atoms with Crippen molar-refractivity contribution in [1.29, 1.82) is 0 Å². The molecule has 0 aliphatic heterocycles. The Hall–Kier alpha value is -2.22. The Bertz CT molecular complexity index is 746. The van der Waals surface area contributed by atoms with Crippen LogP contribution in [0, 0.1) is 4.77 Å². The highest BCUT2D eigenvalue weighted by Crippen LogP contribution is 2.16. The first-order chi connectivity index (χ1) is 9.28. The van der Waals surface area contributed by atoms with E-state index < -0.39 is 0 Å². The van der Waals surface area contributed by atoms with Crippen molar-refractivity contribution in [2.75, 3.05) is 7.11 Å². The summed E-state index contributed by atoms with van der Waals surface area (Å²) in [5.74, 6) is 1.12. The molecule has 8 heteroatoms. The zero-order valence-electron chi connectivity index (χ0n) is 10.2. The number of nitrogens with one attached hydrogen (secondary N) is 1. The number of hydrogen-bond acceptors (Lipinski definition) is 6. The van der Waals surface area contributed by atoms with Crippen molar-refractivity contribution in [3.8, 4) is 5.88 Å². The molecule has 0 amide bonds. The number of rotatable bonds is 4. The van der Waals surface area contributed by atoms with Gasteiger partial charge >= 0.3 is 0 Å². The predicted octanol–water partition coefficient (Wildman–Crippen LogP) is 1.73. The average Bonchev–Trinajstić information content (AvgIpc) is 3.03. The molecule has 0 aliphatic carbocycles. The monoisotopic (exact) mass is 277 g/mol. The van der Waals surface area contributed by atoms with Crippen molar-refractivity contribution >= 4 is 23.4 Å². The van der Waals surface area contributed by atoms with Crippen LogP contribution in [0.15, 0.2) is 23.0 Å². The third-order valence-electron chi connectivity index (χ3n) is 2.76. The average molecular weight is 277 g/mol. The Labute approximate surface area is 113 Å². The van der Waals surface area contributed by atoms with Gasteiger partial charge in [0.15, 0.2) is 16.7 Å². The van der Waals surface area contributed by atoms with Crippen LogP contribution in [0.5, 0.6) is 5.88 Å². The summed E-state index contributed by atoms with van der Waals surface area (Å²) in [6.07, 6.45) is 1.98. The molecule has 7 nitrogen and oxygen atoms in total. The fourth-order valence-electron chi connectivity index (χ4n) is 1.85. The zero-order chi connectivity index (χ0) is 13.2. The van der Waals surface area contributed by atoms with Crippen LogP contribution in [0.3, 0.4) is 0 Å². The van der Waals surface area contributed by atoms with Crippen molar-refractivity contribution in [2.24, 2.45) is 0 Å². The Kier molecular flexibility index (Phi) is 3.00. The van der Waals surface area contributed by atoms with Crippen LogP contribution >= 0.6 is 12.2 Å². The van der Waals surface area contributed by atoms with Gasteiger partial charge in [-0.1, -0.05) is 5.16 Å². The molecule has 0 saturated heterocycles. The summed E-state index contributed by atoms with van der Waals surface area (Å²) in [7, 11) is 1.58. The molecule has 3 aromatic rings. The minimum atomic E-state index is 0.549. The molecule has 0 aliphatic rings. The fraction of sp³-hybridized carbons (Fsp3) is 0.273. The van der Waals surface area contributed by atoms with E-state index in [2.05, 4.69) is 20.1 Å². The second-order valence-corrected chi connectivity index (χ2v) is 4.28. The first-order valence-electron chi connectivity index (χ1n) is 5.67. The summed E-state index contributed by atoms with van der Waals surface area (Å²) in [6.45, 7) is 0.612. The first kappa shape index (κ1) is 11.8. The topological polar surface area (TPSA) is 81.8 Å². The summed E-state index contributed by atoms with van der Waals surface area (Å²) in [6, 6.07) is 3.68. The second kappa shape index (κ2) is 4.81. The number of ether oxygens (including phenoxy) is 1. The van der Waals surface area contributed by atoms with Crippen LogP contribution in [-0.4, -0.2) is 31.8 Å². The SMILES string of the molecule is COc1ccc2[nH]c(=S)n(CCc3ncno3)c2n1. The number of nitrogens with zero attached hydrogens (tertiary/aromatic N) is 4. The minimum Gasteiger partial charge on any atom is -0.481 e. The number of aromatic amines is 1. The standard InChI is InChI=1S/C11H11N5O2S/c1-17-9-3-2-7-10(15-9)16(11(19)14-7)5-4-8-12-6-13-18-8/h2-3,6H,4-5H2,1H3,(H,14,19). The van der Waals surface area contributed by atoms with Gasteiger partial charge in [0, 0.05) is 19.0 Å². The maximum atomic E-state index is 5.29. The van der Waals surface area contributed by atoms with E-state index in [1.54, 1.807) is 13.2 Å². The number of fused-ring (bicyclic) bond motifs is 1. The van der Waals surface area contributed by atoms with E-state index in [1.807, 2.05) is 10.6 Å². The predicted molar refractivity (Wildman–Crippen MR) is 69.5 cm³/mol. The summed E-state index contributed by atoms with van der Waals surface area (Å²) >= 11 is 5.29. The lowest BCUT2D eigenvalue weighted by Gasteiger charge is -2.02. The van der Waals surface area contributed by atoms with Crippen molar-refractivity contribution in [3.05, 3.63) is 29.1 Å². The second-order valence-electron chi connectivity index (χ2n) is 3.89. The van der Waals surface area contributed by atoms with E-state index in [0.717, 1.165) is 11.2 Å². The van der Waals surface area contributed by atoms with E-state index in [9.17, 15) is 0 Å². The van der Waals surface area contributed by atoms with Crippen molar-refractivity contribution in [3.63, 3.8) is 0 Å². The van der Waals surface area contributed by atoms with E-state index in [1.165, 1.54) is 6.33 Å².